The van der Waals surface area contributed by atoms with Crippen LogP contribution in [0.3, 0.4) is 0 Å². The minimum Gasteiger partial charge on any atom is -0.426 e. The molecule has 1 heterocycles. The summed E-state index contributed by atoms with van der Waals surface area (Å²) in [5.74, 6) is -1.55. The molecule has 1 aliphatic rings. The zero-order valence-electron chi connectivity index (χ0n) is 17.0. The fraction of sp³-hybridized carbons (Fsp3) is 0.400. The molecule has 1 atom stereocenters. The quantitative estimate of drug-likeness (QED) is 0.608. The summed E-state index contributed by atoms with van der Waals surface area (Å²) >= 11 is 0. The number of nitrogens with zero attached hydrogens (tertiary/aromatic N) is 2. The summed E-state index contributed by atoms with van der Waals surface area (Å²) < 4.78 is 66.4. The average molecular weight is 458 g/mol. The predicted octanol–water partition coefficient (Wildman–Crippen LogP) is 4.16. The van der Waals surface area contributed by atoms with E-state index in [0.717, 1.165) is 25.0 Å². The molecular weight excluding hydrogens is 439 g/mol. The third-order valence-electron chi connectivity index (χ3n) is 4.57. The van der Waals surface area contributed by atoms with Crippen molar-refractivity contribution in [2.75, 3.05) is 5.32 Å². The lowest BCUT2D eigenvalue weighted by molar-refractivity contribution is -0.360. The third kappa shape index (κ3) is 5.68. The normalized spacial score (nSPS) is 15.1. The Kier molecular flexibility index (Phi) is 6.33. The number of aryl methyl sites for hydroxylation is 1. The molecule has 0 bridgehead atoms. The van der Waals surface area contributed by atoms with Gasteiger partial charge in [-0.3, -0.25) is 14.9 Å². The van der Waals surface area contributed by atoms with Crippen molar-refractivity contribution in [2.24, 2.45) is 5.92 Å². The minimum atomic E-state index is -5.85. The van der Waals surface area contributed by atoms with Crippen molar-refractivity contribution in [2.45, 2.75) is 45.0 Å². The number of nitrogens with one attached hydrogen (secondary N) is 2. The first kappa shape index (κ1) is 23.4. The van der Waals surface area contributed by atoms with Crippen molar-refractivity contribution >= 4 is 17.8 Å². The minimum absolute atomic E-state index is 0.000203. The lowest BCUT2D eigenvalue weighted by Crippen LogP contribution is -2.41. The van der Waals surface area contributed by atoms with E-state index in [9.17, 15) is 31.5 Å². The van der Waals surface area contributed by atoms with Gasteiger partial charge in [-0.05, 0) is 50.5 Å². The summed E-state index contributed by atoms with van der Waals surface area (Å²) in [7, 11) is 0. The van der Waals surface area contributed by atoms with Crippen molar-refractivity contribution in [1.82, 2.24) is 15.3 Å². The highest BCUT2D eigenvalue weighted by atomic mass is 19.4. The van der Waals surface area contributed by atoms with Crippen LogP contribution in [0.2, 0.25) is 0 Å². The average Bonchev–Trinajstić information content (AvgIpc) is 3.52. The number of benzene rings is 1. The number of rotatable bonds is 7. The van der Waals surface area contributed by atoms with Gasteiger partial charge in [-0.15, -0.1) is 0 Å². The number of amides is 2. The summed E-state index contributed by atoms with van der Waals surface area (Å²) in [6.45, 7) is 3.21. The summed E-state index contributed by atoms with van der Waals surface area (Å²) in [6.07, 6.45) is -9.59. The number of aromatic nitrogens is 2. The standard InChI is InChI=1S/C20H19F5N4O3/c1-10-9-15(28-18(26-10)29-16(30)13-3-4-13)17(31)27-11(2)12-5-7-14(8-6-12)32-20(24,25)19(21,22)23/h5-9,11,13H,3-4H2,1-2H3,(H,27,31)(H,26,28,29,30). The van der Waals surface area contributed by atoms with Crippen molar-refractivity contribution in [3.05, 3.63) is 47.3 Å². The van der Waals surface area contributed by atoms with Crippen LogP contribution in [-0.2, 0) is 4.79 Å². The summed E-state index contributed by atoms with van der Waals surface area (Å²) in [5, 5.41) is 5.20. The van der Waals surface area contributed by atoms with Crippen molar-refractivity contribution in [1.29, 1.82) is 0 Å². The molecule has 2 aromatic rings. The molecule has 1 unspecified atom stereocenters. The number of halogens is 5. The Morgan fingerprint density at radius 1 is 1.09 bits per heavy atom. The number of carbonyl (C=O) groups is 2. The van der Waals surface area contributed by atoms with Crippen LogP contribution in [0.5, 0.6) is 5.75 Å². The van der Waals surface area contributed by atoms with Gasteiger partial charge in [0.15, 0.2) is 0 Å². The zero-order chi connectivity index (χ0) is 23.7. The van der Waals surface area contributed by atoms with E-state index in [1.165, 1.54) is 18.2 Å². The summed E-state index contributed by atoms with van der Waals surface area (Å²) in [4.78, 5) is 32.6. The van der Waals surface area contributed by atoms with Gasteiger partial charge in [-0.1, -0.05) is 12.1 Å². The summed E-state index contributed by atoms with van der Waals surface area (Å²) in [6, 6.07) is 5.17. The number of hydrogen-bond donors (Lipinski definition) is 2. The first-order valence-corrected chi connectivity index (χ1v) is 9.56. The lowest BCUT2D eigenvalue weighted by atomic mass is 10.1. The molecule has 1 saturated carbocycles. The molecule has 1 aromatic heterocycles. The number of carbonyl (C=O) groups excluding carboxylic acids is 2. The molecule has 2 N–H and O–H groups in total. The molecule has 172 valence electrons. The molecule has 0 saturated heterocycles. The fourth-order valence-electron chi connectivity index (χ4n) is 2.68. The molecule has 0 spiro atoms. The van der Waals surface area contributed by atoms with Gasteiger partial charge >= 0.3 is 12.3 Å². The van der Waals surface area contributed by atoms with E-state index in [2.05, 4.69) is 25.3 Å². The Hall–Kier alpha value is -3.31. The maximum Gasteiger partial charge on any atom is 0.499 e. The van der Waals surface area contributed by atoms with E-state index in [4.69, 9.17) is 0 Å². The van der Waals surface area contributed by atoms with E-state index in [-0.39, 0.29) is 23.5 Å². The van der Waals surface area contributed by atoms with Crippen LogP contribution >= 0.6 is 0 Å². The Bertz CT molecular complexity index is 1010. The number of alkyl halides is 5. The third-order valence-corrected chi connectivity index (χ3v) is 4.57. The first-order valence-electron chi connectivity index (χ1n) is 9.56. The Morgan fingerprint density at radius 3 is 2.28 bits per heavy atom. The van der Waals surface area contributed by atoms with Gasteiger partial charge in [0.1, 0.15) is 11.4 Å². The molecule has 3 rings (SSSR count). The van der Waals surface area contributed by atoms with Crippen LogP contribution in [0.15, 0.2) is 30.3 Å². The number of anilines is 1. The van der Waals surface area contributed by atoms with Crippen molar-refractivity contribution in [3.63, 3.8) is 0 Å². The van der Waals surface area contributed by atoms with E-state index in [1.807, 2.05) is 0 Å². The predicted molar refractivity (Wildman–Crippen MR) is 102 cm³/mol. The Balaban J connectivity index is 1.65. The number of ether oxygens (including phenoxy) is 1. The van der Waals surface area contributed by atoms with Gasteiger partial charge in [-0.25, -0.2) is 9.97 Å². The van der Waals surface area contributed by atoms with Gasteiger partial charge in [-0.2, -0.15) is 22.0 Å². The van der Waals surface area contributed by atoms with Crippen LogP contribution < -0.4 is 15.4 Å². The van der Waals surface area contributed by atoms with Gasteiger partial charge < -0.3 is 10.1 Å². The highest BCUT2D eigenvalue weighted by Crippen LogP contribution is 2.37. The van der Waals surface area contributed by atoms with Gasteiger partial charge in [0.25, 0.3) is 5.91 Å². The molecule has 0 aliphatic heterocycles. The molecule has 1 aliphatic carbocycles. The second kappa shape index (κ2) is 8.67. The van der Waals surface area contributed by atoms with Crippen LogP contribution in [0.4, 0.5) is 27.9 Å². The molecule has 32 heavy (non-hydrogen) atoms. The highest BCUT2D eigenvalue weighted by Gasteiger charge is 2.61. The largest absolute Gasteiger partial charge is 0.499 e. The van der Waals surface area contributed by atoms with Crippen molar-refractivity contribution in [3.8, 4) is 5.75 Å². The SMILES string of the molecule is Cc1cc(C(=O)NC(C)c2ccc(OC(F)(F)C(F)(F)F)cc2)nc(NC(=O)C2CC2)n1. The first-order chi connectivity index (χ1) is 14.9. The smallest absolute Gasteiger partial charge is 0.426 e. The molecule has 1 aromatic carbocycles. The maximum atomic E-state index is 13.0. The zero-order valence-corrected chi connectivity index (χ0v) is 17.0. The van der Waals surface area contributed by atoms with E-state index < -0.39 is 30.0 Å². The lowest BCUT2D eigenvalue weighted by Gasteiger charge is -2.20. The molecule has 12 heteroatoms. The Morgan fingerprint density at radius 2 is 1.72 bits per heavy atom. The monoisotopic (exact) mass is 458 g/mol. The van der Waals surface area contributed by atoms with Crippen LogP contribution in [-0.4, -0.2) is 34.1 Å². The second-order valence-electron chi connectivity index (χ2n) is 7.36. The summed E-state index contributed by atoms with van der Waals surface area (Å²) in [5.41, 5.74) is 0.880. The van der Waals surface area contributed by atoms with E-state index in [1.54, 1.807) is 13.8 Å². The molecule has 0 radical (unpaired) electrons. The van der Waals surface area contributed by atoms with Gasteiger partial charge in [0, 0.05) is 11.6 Å². The van der Waals surface area contributed by atoms with E-state index in [0.29, 0.717) is 11.3 Å². The van der Waals surface area contributed by atoms with Crippen LogP contribution in [0, 0.1) is 12.8 Å². The molecule has 7 nitrogen and oxygen atoms in total. The second-order valence-corrected chi connectivity index (χ2v) is 7.36. The molecule has 1 fully saturated rings. The van der Waals surface area contributed by atoms with Gasteiger partial charge in [0.05, 0.1) is 6.04 Å². The number of hydrogen-bond acceptors (Lipinski definition) is 5. The topological polar surface area (TPSA) is 93.2 Å². The van der Waals surface area contributed by atoms with Crippen molar-refractivity contribution < 1.29 is 36.3 Å². The molecular formula is C20H19F5N4O3. The fourth-order valence-corrected chi connectivity index (χ4v) is 2.68. The highest BCUT2D eigenvalue weighted by molar-refractivity contribution is 5.95. The maximum absolute atomic E-state index is 13.0. The molecule has 2 amide bonds. The van der Waals surface area contributed by atoms with Crippen LogP contribution in [0.25, 0.3) is 0 Å². The Labute approximate surface area is 179 Å². The van der Waals surface area contributed by atoms with E-state index >= 15 is 0 Å². The van der Waals surface area contributed by atoms with Crippen LogP contribution in [0.1, 0.15) is 47.6 Å². The van der Waals surface area contributed by atoms with Gasteiger partial charge in [0.2, 0.25) is 11.9 Å².